The van der Waals surface area contributed by atoms with E-state index >= 15 is 0 Å². The van der Waals surface area contributed by atoms with Crippen molar-refractivity contribution in [2.24, 2.45) is 17.8 Å². The van der Waals surface area contributed by atoms with Gasteiger partial charge in [-0.2, -0.15) is 0 Å². The van der Waals surface area contributed by atoms with Crippen LogP contribution in [0.3, 0.4) is 0 Å². The minimum absolute atomic E-state index is 0.263. The molecule has 1 saturated carbocycles. The van der Waals surface area contributed by atoms with Gasteiger partial charge in [-0.15, -0.1) is 0 Å². The van der Waals surface area contributed by atoms with Gasteiger partial charge in [0.2, 0.25) is 5.91 Å². The second kappa shape index (κ2) is 6.05. The van der Waals surface area contributed by atoms with Gasteiger partial charge in [0.15, 0.2) is 0 Å². The Balaban J connectivity index is 1.82. The summed E-state index contributed by atoms with van der Waals surface area (Å²) in [7, 11) is 0. The average molecular weight is 252 g/mol. The zero-order valence-corrected chi connectivity index (χ0v) is 12.1. The number of nitrogens with one attached hydrogen (secondary N) is 1. The van der Waals surface area contributed by atoms with Crippen molar-refractivity contribution < 1.29 is 4.79 Å². The number of rotatable bonds is 4. The molecule has 3 nitrogen and oxygen atoms in total. The molecule has 2 aliphatic rings. The molecule has 104 valence electrons. The van der Waals surface area contributed by atoms with Crippen molar-refractivity contribution >= 4 is 5.91 Å². The Kier molecular flexibility index (Phi) is 4.66. The molecule has 1 saturated heterocycles. The fraction of sp³-hybridized carbons (Fsp3) is 0.933. The van der Waals surface area contributed by atoms with E-state index in [0.717, 1.165) is 18.4 Å². The lowest BCUT2D eigenvalue weighted by molar-refractivity contribution is -0.128. The highest BCUT2D eigenvalue weighted by molar-refractivity contribution is 5.80. The lowest BCUT2D eigenvalue weighted by atomic mass is 9.81. The Hall–Kier alpha value is -0.570. The van der Waals surface area contributed by atoms with Gasteiger partial charge in [0.1, 0.15) is 0 Å². The molecule has 2 fully saturated rings. The van der Waals surface area contributed by atoms with Gasteiger partial charge >= 0.3 is 0 Å². The maximum atomic E-state index is 11.9. The average Bonchev–Trinajstić information content (AvgIpc) is 2.68. The predicted molar refractivity (Wildman–Crippen MR) is 74.1 cm³/mol. The van der Waals surface area contributed by atoms with Crippen LogP contribution < -0.4 is 5.32 Å². The first-order valence-electron chi connectivity index (χ1n) is 7.60. The molecule has 0 aromatic rings. The van der Waals surface area contributed by atoms with Crippen molar-refractivity contribution in [2.75, 3.05) is 13.1 Å². The zero-order valence-electron chi connectivity index (χ0n) is 12.1. The zero-order chi connectivity index (χ0) is 13.1. The Morgan fingerprint density at radius 2 is 2.17 bits per heavy atom. The van der Waals surface area contributed by atoms with Gasteiger partial charge in [0, 0.05) is 6.54 Å². The molecule has 0 bridgehead atoms. The molecule has 0 aromatic heterocycles. The SMILES string of the molecule is CC1CCCC(CCN2C(=O)CNC2C(C)C)C1. The van der Waals surface area contributed by atoms with Gasteiger partial charge in [0.05, 0.1) is 12.7 Å². The number of hydrogen-bond acceptors (Lipinski definition) is 2. The van der Waals surface area contributed by atoms with E-state index in [-0.39, 0.29) is 12.1 Å². The summed E-state index contributed by atoms with van der Waals surface area (Å²) in [6.45, 7) is 8.22. The predicted octanol–water partition coefficient (Wildman–Crippen LogP) is 2.62. The normalized spacial score (nSPS) is 33.4. The first-order chi connectivity index (χ1) is 8.58. The lowest BCUT2D eigenvalue weighted by Gasteiger charge is -2.31. The van der Waals surface area contributed by atoms with Crippen molar-refractivity contribution in [3.8, 4) is 0 Å². The van der Waals surface area contributed by atoms with Crippen LogP contribution in [0.15, 0.2) is 0 Å². The molecule has 0 aromatic carbocycles. The minimum Gasteiger partial charge on any atom is -0.326 e. The molecule has 2 rings (SSSR count). The highest BCUT2D eigenvalue weighted by atomic mass is 16.2. The monoisotopic (exact) mass is 252 g/mol. The molecule has 3 unspecified atom stereocenters. The summed E-state index contributed by atoms with van der Waals surface area (Å²) in [5.41, 5.74) is 0. The molecule has 0 spiro atoms. The standard InChI is InChI=1S/C15H28N2O/c1-11(2)15-16-10-14(18)17(15)8-7-13-6-4-5-12(3)9-13/h11-13,15-16H,4-10H2,1-3H3. The lowest BCUT2D eigenvalue weighted by Crippen LogP contribution is -2.42. The van der Waals surface area contributed by atoms with Crippen LogP contribution in [0.4, 0.5) is 0 Å². The summed E-state index contributed by atoms with van der Waals surface area (Å²) in [6, 6.07) is 0. The Morgan fingerprint density at radius 1 is 1.39 bits per heavy atom. The third kappa shape index (κ3) is 3.25. The van der Waals surface area contributed by atoms with Crippen molar-refractivity contribution in [1.82, 2.24) is 10.2 Å². The van der Waals surface area contributed by atoms with Crippen LogP contribution in [-0.4, -0.2) is 30.1 Å². The third-order valence-corrected chi connectivity index (χ3v) is 4.57. The van der Waals surface area contributed by atoms with Crippen molar-refractivity contribution in [2.45, 2.75) is 59.0 Å². The molecule has 3 heteroatoms. The quantitative estimate of drug-likeness (QED) is 0.834. The highest BCUT2D eigenvalue weighted by Crippen LogP contribution is 2.31. The van der Waals surface area contributed by atoms with Crippen LogP contribution in [0.2, 0.25) is 0 Å². The molecule has 0 radical (unpaired) electrons. The van der Waals surface area contributed by atoms with Gasteiger partial charge in [-0.05, 0) is 30.6 Å². The number of carbonyl (C=O) groups excluding carboxylic acids is 1. The fourth-order valence-electron chi connectivity index (χ4n) is 3.56. The van der Waals surface area contributed by atoms with Gasteiger partial charge < -0.3 is 4.90 Å². The summed E-state index contributed by atoms with van der Waals surface area (Å²) in [6.07, 6.45) is 6.97. The van der Waals surface area contributed by atoms with Crippen molar-refractivity contribution in [3.05, 3.63) is 0 Å². The second-order valence-electron chi connectivity index (χ2n) is 6.58. The molecular weight excluding hydrogens is 224 g/mol. The summed E-state index contributed by atoms with van der Waals surface area (Å²) in [5, 5.41) is 3.33. The molecule has 1 N–H and O–H groups in total. The Labute approximate surface area is 111 Å². The third-order valence-electron chi connectivity index (χ3n) is 4.57. The second-order valence-corrected chi connectivity index (χ2v) is 6.58. The number of carbonyl (C=O) groups is 1. The minimum atomic E-state index is 0.263. The van der Waals surface area contributed by atoms with Crippen LogP contribution in [-0.2, 0) is 4.79 Å². The molecule has 18 heavy (non-hydrogen) atoms. The first-order valence-corrected chi connectivity index (χ1v) is 7.60. The molecule has 1 heterocycles. The summed E-state index contributed by atoms with van der Waals surface area (Å²) < 4.78 is 0. The number of nitrogens with zero attached hydrogens (tertiary/aromatic N) is 1. The van der Waals surface area contributed by atoms with Crippen molar-refractivity contribution in [1.29, 1.82) is 0 Å². The van der Waals surface area contributed by atoms with E-state index in [1.165, 1.54) is 32.1 Å². The highest BCUT2D eigenvalue weighted by Gasteiger charge is 2.32. The summed E-state index contributed by atoms with van der Waals surface area (Å²) >= 11 is 0. The van der Waals surface area contributed by atoms with Gasteiger partial charge in [-0.25, -0.2) is 0 Å². The largest absolute Gasteiger partial charge is 0.326 e. The van der Waals surface area contributed by atoms with E-state index < -0.39 is 0 Å². The smallest absolute Gasteiger partial charge is 0.237 e. The molecule has 1 aliphatic heterocycles. The molecule has 3 atom stereocenters. The van der Waals surface area contributed by atoms with Gasteiger partial charge in [-0.3, -0.25) is 10.1 Å². The number of hydrogen-bond donors (Lipinski definition) is 1. The first kappa shape index (κ1) is 13.9. The number of amides is 1. The van der Waals surface area contributed by atoms with E-state index in [2.05, 4.69) is 31.0 Å². The van der Waals surface area contributed by atoms with Crippen LogP contribution in [0.25, 0.3) is 0 Å². The topological polar surface area (TPSA) is 32.3 Å². The van der Waals surface area contributed by atoms with Crippen LogP contribution in [0, 0.1) is 17.8 Å². The van der Waals surface area contributed by atoms with E-state index in [9.17, 15) is 4.79 Å². The maximum absolute atomic E-state index is 11.9. The van der Waals surface area contributed by atoms with Crippen LogP contribution in [0.1, 0.15) is 52.9 Å². The van der Waals surface area contributed by atoms with Gasteiger partial charge in [-0.1, -0.05) is 40.0 Å². The Morgan fingerprint density at radius 3 is 2.83 bits per heavy atom. The van der Waals surface area contributed by atoms with Crippen molar-refractivity contribution in [3.63, 3.8) is 0 Å². The Bertz CT molecular complexity index is 290. The van der Waals surface area contributed by atoms with Gasteiger partial charge in [0.25, 0.3) is 0 Å². The van der Waals surface area contributed by atoms with E-state index in [1.807, 2.05) is 0 Å². The van der Waals surface area contributed by atoms with Crippen LogP contribution >= 0.6 is 0 Å². The van der Waals surface area contributed by atoms with Crippen LogP contribution in [0.5, 0.6) is 0 Å². The molecule has 1 aliphatic carbocycles. The fourth-order valence-corrected chi connectivity index (χ4v) is 3.56. The maximum Gasteiger partial charge on any atom is 0.237 e. The summed E-state index contributed by atoms with van der Waals surface area (Å²) in [5.74, 6) is 2.52. The molecule has 1 amide bonds. The van der Waals surface area contributed by atoms with E-state index in [0.29, 0.717) is 12.5 Å². The van der Waals surface area contributed by atoms with E-state index in [1.54, 1.807) is 0 Å². The summed E-state index contributed by atoms with van der Waals surface area (Å²) in [4.78, 5) is 14.0. The van der Waals surface area contributed by atoms with E-state index in [4.69, 9.17) is 0 Å². The molecular formula is C15H28N2O.